The number of amides is 1. The molecule has 0 saturated heterocycles. The first-order valence-corrected chi connectivity index (χ1v) is 5.11. The maximum atomic E-state index is 11.7. The third kappa shape index (κ3) is 3.51. The fraction of sp³-hybridized carbons (Fsp3) is 0.455. The van der Waals surface area contributed by atoms with E-state index in [2.05, 4.69) is 15.6 Å². The summed E-state index contributed by atoms with van der Waals surface area (Å²) in [6, 6.07) is 3.47. The molecule has 1 aromatic rings. The number of methoxy groups -OCH3 is 1. The Hall–Kier alpha value is -1.62. The van der Waals surface area contributed by atoms with E-state index in [0.717, 1.165) is 5.69 Å². The molecule has 2 N–H and O–H groups in total. The van der Waals surface area contributed by atoms with E-state index in [4.69, 9.17) is 4.74 Å². The van der Waals surface area contributed by atoms with Gasteiger partial charge in [-0.2, -0.15) is 0 Å². The van der Waals surface area contributed by atoms with E-state index in [1.165, 1.54) is 0 Å². The van der Waals surface area contributed by atoms with Crippen molar-refractivity contribution in [3.8, 4) is 0 Å². The van der Waals surface area contributed by atoms with Gasteiger partial charge >= 0.3 is 0 Å². The number of aromatic nitrogens is 1. The largest absolute Gasteiger partial charge is 0.383 e. The van der Waals surface area contributed by atoms with Crippen molar-refractivity contribution in [1.82, 2.24) is 10.3 Å². The van der Waals surface area contributed by atoms with Crippen LogP contribution in [0.4, 0.5) is 5.82 Å². The van der Waals surface area contributed by atoms with Crippen molar-refractivity contribution in [3.63, 3.8) is 0 Å². The number of nitrogens with one attached hydrogen (secondary N) is 2. The minimum atomic E-state index is -0.112. The van der Waals surface area contributed by atoms with Gasteiger partial charge in [-0.05, 0) is 19.1 Å². The van der Waals surface area contributed by atoms with Gasteiger partial charge < -0.3 is 15.4 Å². The smallest absolute Gasteiger partial charge is 0.251 e. The van der Waals surface area contributed by atoms with Gasteiger partial charge in [-0.3, -0.25) is 4.79 Å². The minimum absolute atomic E-state index is 0.112. The maximum Gasteiger partial charge on any atom is 0.251 e. The zero-order valence-corrected chi connectivity index (χ0v) is 9.83. The van der Waals surface area contributed by atoms with Gasteiger partial charge in [-0.15, -0.1) is 0 Å². The number of ether oxygens (including phenoxy) is 1. The Kier molecular flexibility index (Phi) is 4.72. The first kappa shape index (κ1) is 12.4. The molecule has 1 rings (SSSR count). The van der Waals surface area contributed by atoms with Gasteiger partial charge in [-0.25, -0.2) is 4.98 Å². The number of hydrogen-bond acceptors (Lipinski definition) is 4. The zero-order valence-electron chi connectivity index (χ0n) is 9.83. The molecule has 0 saturated carbocycles. The van der Waals surface area contributed by atoms with Crippen molar-refractivity contribution >= 4 is 11.7 Å². The van der Waals surface area contributed by atoms with E-state index in [-0.39, 0.29) is 5.91 Å². The summed E-state index contributed by atoms with van der Waals surface area (Å²) >= 11 is 0. The molecule has 1 heterocycles. The van der Waals surface area contributed by atoms with E-state index >= 15 is 0 Å². The van der Waals surface area contributed by atoms with Gasteiger partial charge in [0, 0.05) is 32.0 Å². The Labute approximate surface area is 95.2 Å². The van der Waals surface area contributed by atoms with Crippen LogP contribution in [-0.2, 0) is 4.74 Å². The molecule has 0 radical (unpaired) electrons. The van der Waals surface area contributed by atoms with Crippen LogP contribution in [0.2, 0.25) is 0 Å². The number of nitrogens with zero attached hydrogens (tertiary/aromatic N) is 1. The fourth-order valence-corrected chi connectivity index (χ4v) is 1.30. The molecule has 0 bridgehead atoms. The average Bonchev–Trinajstić information content (AvgIpc) is 2.28. The van der Waals surface area contributed by atoms with E-state index in [0.29, 0.717) is 24.5 Å². The summed E-state index contributed by atoms with van der Waals surface area (Å²) < 4.78 is 4.86. The number of carbonyl (C=O) groups excluding carboxylic acids is 1. The maximum absolute atomic E-state index is 11.7. The molecule has 88 valence electrons. The van der Waals surface area contributed by atoms with Gasteiger partial charge in [0.25, 0.3) is 5.91 Å². The lowest BCUT2D eigenvalue weighted by Crippen LogP contribution is -2.27. The molecule has 0 aliphatic heterocycles. The second-order valence-corrected chi connectivity index (χ2v) is 3.38. The molecule has 0 aromatic carbocycles. The van der Waals surface area contributed by atoms with Gasteiger partial charge in [0.15, 0.2) is 0 Å². The highest BCUT2D eigenvalue weighted by atomic mass is 16.5. The van der Waals surface area contributed by atoms with Gasteiger partial charge in [-0.1, -0.05) is 0 Å². The summed E-state index contributed by atoms with van der Waals surface area (Å²) in [5.41, 5.74) is 1.41. The van der Waals surface area contributed by atoms with Crippen LogP contribution in [0.25, 0.3) is 0 Å². The van der Waals surface area contributed by atoms with Crippen LogP contribution < -0.4 is 10.6 Å². The summed E-state index contributed by atoms with van der Waals surface area (Å²) in [7, 11) is 3.37. The van der Waals surface area contributed by atoms with Crippen molar-refractivity contribution in [2.45, 2.75) is 6.92 Å². The summed E-state index contributed by atoms with van der Waals surface area (Å²) in [5.74, 6) is 0.580. The number of rotatable bonds is 5. The molecule has 0 spiro atoms. The minimum Gasteiger partial charge on any atom is -0.383 e. The lowest BCUT2D eigenvalue weighted by Gasteiger charge is -2.07. The number of carbonyl (C=O) groups is 1. The van der Waals surface area contributed by atoms with Crippen LogP contribution in [0.3, 0.4) is 0 Å². The van der Waals surface area contributed by atoms with Crippen LogP contribution in [0.15, 0.2) is 12.1 Å². The number of aryl methyl sites for hydroxylation is 1. The van der Waals surface area contributed by atoms with Gasteiger partial charge in [0.2, 0.25) is 0 Å². The molecule has 16 heavy (non-hydrogen) atoms. The Bertz CT molecular complexity index is 366. The molecule has 1 amide bonds. The standard InChI is InChI=1S/C11H17N3O2/c1-8-6-9(7-10(12-2)14-8)11(15)13-4-5-16-3/h6-7H,4-5H2,1-3H3,(H,12,14)(H,13,15). The molecule has 5 nitrogen and oxygen atoms in total. The number of pyridine rings is 1. The molecule has 5 heteroatoms. The van der Waals surface area contributed by atoms with Crippen molar-refractivity contribution in [1.29, 1.82) is 0 Å². The Morgan fingerprint density at radius 3 is 2.88 bits per heavy atom. The average molecular weight is 223 g/mol. The summed E-state index contributed by atoms with van der Waals surface area (Å²) in [6.45, 7) is 2.87. The highest BCUT2D eigenvalue weighted by Gasteiger charge is 2.07. The zero-order chi connectivity index (χ0) is 12.0. The topological polar surface area (TPSA) is 63.2 Å². The molecule has 0 atom stereocenters. The van der Waals surface area contributed by atoms with Crippen molar-refractivity contribution in [2.24, 2.45) is 0 Å². The predicted octanol–water partition coefficient (Wildman–Crippen LogP) is 0.808. The second-order valence-electron chi connectivity index (χ2n) is 3.38. The summed E-state index contributed by atoms with van der Waals surface area (Å²) in [4.78, 5) is 15.9. The van der Waals surface area contributed by atoms with Crippen LogP contribution in [0.1, 0.15) is 16.1 Å². The van der Waals surface area contributed by atoms with Crippen LogP contribution >= 0.6 is 0 Å². The fourth-order valence-electron chi connectivity index (χ4n) is 1.30. The van der Waals surface area contributed by atoms with Crippen LogP contribution in [0.5, 0.6) is 0 Å². The number of hydrogen-bond donors (Lipinski definition) is 2. The highest BCUT2D eigenvalue weighted by molar-refractivity contribution is 5.94. The van der Waals surface area contributed by atoms with E-state index in [9.17, 15) is 4.79 Å². The third-order valence-corrected chi connectivity index (χ3v) is 2.06. The summed E-state index contributed by atoms with van der Waals surface area (Å²) in [5, 5.41) is 5.67. The Balaban J connectivity index is 2.71. The van der Waals surface area contributed by atoms with E-state index in [1.54, 1.807) is 26.3 Å². The molecule has 0 fully saturated rings. The van der Waals surface area contributed by atoms with Crippen LogP contribution in [-0.4, -0.2) is 38.2 Å². The lowest BCUT2D eigenvalue weighted by atomic mass is 10.2. The Morgan fingerprint density at radius 2 is 2.25 bits per heavy atom. The molecule has 0 aliphatic carbocycles. The normalized spacial score (nSPS) is 9.94. The SMILES string of the molecule is CNc1cc(C(=O)NCCOC)cc(C)n1. The molecular formula is C11H17N3O2. The molecular weight excluding hydrogens is 206 g/mol. The summed E-state index contributed by atoms with van der Waals surface area (Å²) in [6.07, 6.45) is 0. The van der Waals surface area contributed by atoms with Crippen molar-refractivity contribution < 1.29 is 9.53 Å². The predicted molar refractivity (Wildman–Crippen MR) is 62.7 cm³/mol. The number of anilines is 1. The van der Waals surface area contributed by atoms with Crippen molar-refractivity contribution in [2.75, 3.05) is 32.6 Å². The quantitative estimate of drug-likeness (QED) is 0.725. The van der Waals surface area contributed by atoms with E-state index < -0.39 is 0 Å². The van der Waals surface area contributed by atoms with Crippen LogP contribution in [0, 0.1) is 6.92 Å². The van der Waals surface area contributed by atoms with Gasteiger partial charge in [0.1, 0.15) is 5.82 Å². The third-order valence-electron chi connectivity index (χ3n) is 2.06. The van der Waals surface area contributed by atoms with E-state index in [1.807, 2.05) is 6.92 Å². The lowest BCUT2D eigenvalue weighted by molar-refractivity contribution is 0.0937. The van der Waals surface area contributed by atoms with Crippen molar-refractivity contribution in [3.05, 3.63) is 23.4 Å². The highest BCUT2D eigenvalue weighted by Crippen LogP contribution is 2.09. The molecule has 0 unspecified atom stereocenters. The first-order chi connectivity index (χ1) is 7.67. The monoisotopic (exact) mass is 223 g/mol. The first-order valence-electron chi connectivity index (χ1n) is 5.11. The molecule has 1 aromatic heterocycles. The second kappa shape index (κ2) is 6.07. The Morgan fingerprint density at radius 1 is 1.50 bits per heavy atom. The van der Waals surface area contributed by atoms with Gasteiger partial charge in [0.05, 0.1) is 6.61 Å². The molecule has 0 aliphatic rings.